The van der Waals surface area contributed by atoms with Gasteiger partial charge < -0.3 is 10.5 Å². The molecule has 2 saturated heterocycles. The molecule has 2 aliphatic rings. The van der Waals surface area contributed by atoms with Gasteiger partial charge >= 0.3 is 0 Å². The quantitative estimate of drug-likeness (QED) is 0.800. The van der Waals surface area contributed by atoms with E-state index in [-0.39, 0.29) is 11.6 Å². The van der Waals surface area contributed by atoms with E-state index in [1.165, 1.54) is 13.0 Å². The molecular formula is C14H28N2O. The van der Waals surface area contributed by atoms with E-state index in [0.717, 1.165) is 31.4 Å². The van der Waals surface area contributed by atoms with Crippen LogP contribution in [-0.2, 0) is 4.74 Å². The highest BCUT2D eigenvalue weighted by Crippen LogP contribution is 2.39. The maximum atomic E-state index is 6.12. The molecule has 0 radical (unpaired) electrons. The first-order chi connectivity index (χ1) is 8.01. The molecule has 0 saturated carbocycles. The number of hydrogen-bond acceptors (Lipinski definition) is 3. The van der Waals surface area contributed by atoms with Crippen LogP contribution in [0.15, 0.2) is 0 Å². The Hall–Kier alpha value is -0.120. The van der Waals surface area contributed by atoms with Gasteiger partial charge in [0.25, 0.3) is 0 Å². The van der Waals surface area contributed by atoms with E-state index in [9.17, 15) is 0 Å². The zero-order chi connectivity index (χ0) is 12.6. The van der Waals surface area contributed by atoms with Crippen molar-refractivity contribution in [2.24, 2.45) is 17.6 Å². The van der Waals surface area contributed by atoms with Gasteiger partial charge in [-0.25, -0.2) is 0 Å². The highest BCUT2D eigenvalue weighted by molar-refractivity contribution is 5.04. The predicted octanol–water partition coefficient (Wildman–Crippen LogP) is 1.86. The molecule has 2 aliphatic heterocycles. The molecule has 2 rings (SSSR count). The Balaban J connectivity index is 2.23. The normalized spacial score (nSPS) is 48.5. The Morgan fingerprint density at radius 1 is 1.29 bits per heavy atom. The number of likely N-dealkylation sites (tertiary alicyclic amines) is 1. The molecule has 0 amide bonds. The Labute approximate surface area is 106 Å². The summed E-state index contributed by atoms with van der Waals surface area (Å²) in [4.78, 5) is 2.66. The van der Waals surface area contributed by atoms with E-state index in [1.807, 2.05) is 0 Å². The van der Waals surface area contributed by atoms with Gasteiger partial charge in [-0.1, -0.05) is 13.8 Å². The Kier molecular flexibility index (Phi) is 3.81. The molecule has 0 aliphatic carbocycles. The molecule has 5 atom stereocenters. The highest BCUT2D eigenvalue weighted by Gasteiger charge is 2.49. The van der Waals surface area contributed by atoms with Crippen LogP contribution in [-0.4, -0.2) is 42.3 Å². The van der Waals surface area contributed by atoms with Crippen LogP contribution >= 0.6 is 0 Å². The summed E-state index contributed by atoms with van der Waals surface area (Å²) in [5, 5.41) is 0. The first kappa shape index (κ1) is 13.3. The fourth-order valence-corrected chi connectivity index (χ4v) is 3.84. The number of hydrogen-bond donors (Lipinski definition) is 1. The van der Waals surface area contributed by atoms with Crippen LogP contribution < -0.4 is 5.73 Å². The highest BCUT2D eigenvalue weighted by atomic mass is 16.5. The van der Waals surface area contributed by atoms with E-state index >= 15 is 0 Å². The molecule has 0 aromatic rings. The molecule has 0 spiro atoms. The maximum absolute atomic E-state index is 6.12. The molecule has 0 bridgehead atoms. The van der Waals surface area contributed by atoms with Gasteiger partial charge in [0.05, 0.1) is 11.6 Å². The van der Waals surface area contributed by atoms with Crippen LogP contribution in [0, 0.1) is 11.8 Å². The average molecular weight is 240 g/mol. The Morgan fingerprint density at radius 2 is 2.00 bits per heavy atom. The lowest BCUT2D eigenvalue weighted by atomic mass is 9.79. The van der Waals surface area contributed by atoms with Crippen molar-refractivity contribution < 1.29 is 4.74 Å². The minimum absolute atomic E-state index is 0.0857. The lowest BCUT2D eigenvalue weighted by Gasteiger charge is -2.52. The second kappa shape index (κ2) is 4.87. The smallest absolute Gasteiger partial charge is 0.0743 e. The summed E-state index contributed by atoms with van der Waals surface area (Å²) in [5.74, 6) is 1.53. The van der Waals surface area contributed by atoms with Crippen molar-refractivity contribution in [1.82, 2.24) is 4.90 Å². The molecule has 100 valence electrons. The largest absolute Gasteiger partial charge is 0.376 e. The third-order valence-electron chi connectivity index (χ3n) is 5.18. The Bertz CT molecular complexity index is 271. The lowest BCUT2D eigenvalue weighted by molar-refractivity contribution is -0.0497. The van der Waals surface area contributed by atoms with Crippen LogP contribution in [0.1, 0.15) is 40.5 Å². The van der Waals surface area contributed by atoms with E-state index in [2.05, 4.69) is 32.6 Å². The van der Waals surface area contributed by atoms with Crippen molar-refractivity contribution in [1.29, 1.82) is 0 Å². The molecule has 3 heteroatoms. The molecule has 2 fully saturated rings. The molecule has 3 nitrogen and oxygen atoms in total. The van der Waals surface area contributed by atoms with Gasteiger partial charge in [-0.3, -0.25) is 4.90 Å². The first-order valence-electron chi connectivity index (χ1n) is 7.09. The number of ether oxygens (including phenoxy) is 1. The van der Waals surface area contributed by atoms with Gasteiger partial charge in [0.1, 0.15) is 0 Å². The zero-order valence-electron chi connectivity index (χ0n) is 11.8. The van der Waals surface area contributed by atoms with Gasteiger partial charge in [0.2, 0.25) is 0 Å². The molecule has 2 heterocycles. The van der Waals surface area contributed by atoms with Crippen molar-refractivity contribution >= 4 is 0 Å². The van der Waals surface area contributed by atoms with Crippen molar-refractivity contribution in [3.63, 3.8) is 0 Å². The summed E-state index contributed by atoms with van der Waals surface area (Å²) in [6.45, 7) is 12.0. The molecular weight excluding hydrogens is 212 g/mol. The molecule has 17 heavy (non-hydrogen) atoms. The van der Waals surface area contributed by atoms with Gasteiger partial charge in [0.15, 0.2) is 0 Å². The lowest BCUT2D eigenvalue weighted by Crippen LogP contribution is -2.64. The summed E-state index contributed by atoms with van der Waals surface area (Å²) < 4.78 is 5.81. The standard InChI is InChI=1S/C14H28N2O/c1-10-7-11(2)12(3)16(8-10)14(9-15)5-6-17-13(14)4/h10-13H,5-9,15H2,1-4H3. The number of nitrogens with two attached hydrogens (primary N) is 1. The van der Waals surface area contributed by atoms with Crippen molar-refractivity contribution in [2.75, 3.05) is 19.7 Å². The summed E-state index contributed by atoms with van der Waals surface area (Å²) in [5.41, 5.74) is 6.21. The van der Waals surface area contributed by atoms with Crippen LogP contribution in [0.4, 0.5) is 0 Å². The second-order valence-electron chi connectivity index (χ2n) is 6.28. The molecule has 5 unspecified atom stereocenters. The number of piperidine rings is 1. The van der Waals surface area contributed by atoms with Gasteiger partial charge in [0, 0.05) is 25.7 Å². The fourth-order valence-electron chi connectivity index (χ4n) is 3.84. The molecule has 0 aromatic heterocycles. The van der Waals surface area contributed by atoms with E-state index in [4.69, 9.17) is 10.5 Å². The summed E-state index contributed by atoms with van der Waals surface area (Å²) >= 11 is 0. The van der Waals surface area contributed by atoms with Crippen molar-refractivity contribution in [3.8, 4) is 0 Å². The maximum Gasteiger partial charge on any atom is 0.0743 e. The van der Waals surface area contributed by atoms with Crippen LogP contribution in [0.5, 0.6) is 0 Å². The van der Waals surface area contributed by atoms with E-state index < -0.39 is 0 Å². The number of nitrogens with zero attached hydrogens (tertiary/aromatic N) is 1. The summed E-state index contributed by atoms with van der Waals surface area (Å²) in [7, 11) is 0. The fraction of sp³-hybridized carbons (Fsp3) is 1.00. The predicted molar refractivity (Wildman–Crippen MR) is 70.9 cm³/mol. The Morgan fingerprint density at radius 3 is 2.53 bits per heavy atom. The summed E-state index contributed by atoms with van der Waals surface area (Å²) in [6.07, 6.45) is 2.70. The monoisotopic (exact) mass is 240 g/mol. The van der Waals surface area contributed by atoms with Crippen molar-refractivity contribution in [3.05, 3.63) is 0 Å². The van der Waals surface area contributed by atoms with Crippen LogP contribution in [0.25, 0.3) is 0 Å². The van der Waals surface area contributed by atoms with E-state index in [0.29, 0.717) is 6.04 Å². The van der Waals surface area contributed by atoms with Crippen LogP contribution in [0.2, 0.25) is 0 Å². The van der Waals surface area contributed by atoms with Crippen LogP contribution in [0.3, 0.4) is 0 Å². The minimum Gasteiger partial charge on any atom is -0.376 e. The second-order valence-corrected chi connectivity index (χ2v) is 6.28. The minimum atomic E-state index is 0.0857. The summed E-state index contributed by atoms with van der Waals surface area (Å²) in [6, 6.07) is 0.624. The third kappa shape index (κ3) is 2.13. The average Bonchev–Trinajstić information content (AvgIpc) is 2.66. The number of rotatable bonds is 2. The van der Waals surface area contributed by atoms with Gasteiger partial charge in [-0.2, -0.15) is 0 Å². The first-order valence-corrected chi connectivity index (χ1v) is 7.09. The topological polar surface area (TPSA) is 38.5 Å². The van der Waals surface area contributed by atoms with E-state index in [1.54, 1.807) is 0 Å². The van der Waals surface area contributed by atoms with Gasteiger partial charge in [-0.05, 0) is 38.5 Å². The zero-order valence-corrected chi connectivity index (χ0v) is 11.8. The molecule has 0 aromatic carbocycles. The molecule has 2 N–H and O–H groups in total. The SMILES string of the molecule is CC1CC(C)C(C)N(C2(CN)CCOC2C)C1. The van der Waals surface area contributed by atoms with Crippen molar-refractivity contribution in [2.45, 2.75) is 58.2 Å². The van der Waals surface area contributed by atoms with Gasteiger partial charge in [-0.15, -0.1) is 0 Å². The third-order valence-corrected chi connectivity index (χ3v) is 5.18.